The monoisotopic (exact) mass is 269 g/mol. The third kappa shape index (κ3) is 2.54. The number of ether oxygens (including phenoxy) is 1. The van der Waals surface area contributed by atoms with Crippen molar-refractivity contribution >= 4 is 21.4 Å². The zero-order valence-electron chi connectivity index (χ0n) is 10.3. The van der Waals surface area contributed by atoms with Crippen molar-refractivity contribution in [2.24, 2.45) is 0 Å². The minimum atomic E-state index is -3.27. The van der Waals surface area contributed by atoms with E-state index in [2.05, 4.69) is 0 Å². The first-order valence-corrected chi connectivity index (χ1v) is 7.47. The van der Waals surface area contributed by atoms with Crippen LogP contribution in [-0.2, 0) is 19.4 Å². The molecule has 0 aliphatic carbocycles. The van der Waals surface area contributed by atoms with E-state index in [4.69, 9.17) is 4.74 Å². The second-order valence-electron chi connectivity index (χ2n) is 4.32. The number of nitrogens with zero attached hydrogens (tertiary/aromatic N) is 1. The summed E-state index contributed by atoms with van der Waals surface area (Å²) < 4.78 is 28.1. The summed E-state index contributed by atoms with van der Waals surface area (Å²) in [5.74, 6) is -0.144. The minimum Gasteiger partial charge on any atom is -0.370 e. The Morgan fingerprint density at radius 2 is 2.06 bits per heavy atom. The Morgan fingerprint density at radius 1 is 1.33 bits per heavy atom. The number of morpholine rings is 1. The van der Waals surface area contributed by atoms with E-state index in [9.17, 15) is 13.2 Å². The van der Waals surface area contributed by atoms with Crippen molar-refractivity contribution in [3.63, 3.8) is 0 Å². The van der Waals surface area contributed by atoms with Crippen molar-refractivity contribution in [3.8, 4) is 0 Å². The summed E-state index contributed by atoms with van der Waals surface area (Å²) in [5.41, 5.74) is 1.52. The van der Waals surface area contributed by atoms with Crippen molar-refractivity contribution in [1.82, 2.24) is 0 Å². The third-order valence-corrected chi connectivity index (χ3v) is 4.00. The number of anilines is 1. The molecule has 1 aromatic carbocycles. The molecule has 0 atom stereocenters. The molecule has 1 saturated heterocycles. The van der Waals surface area contributed by atoms with Crippen LogP contribution >= 0.6 is 0 Å². The summed E-state index contributed by atoms with van der Waals surface area (Å²) >= 11 is 0. The Hall–Kier alpha value is -1.40. The summed E-state index contributed by atoms with van der Waals surface area (Å²) in [6.07, 6.45) is 1.16. The van der Waals surface area contributed by atoms with E-state index in [1.54, 1.807) is 23.1 Å². The van der Waals surface area contributed by atoms with Gasteiger partial charge < -0.3 is 9.64 Å². The number of amides is 1. The Balaban J connectivity index is 2.46. The summed E-state index contributed by atoms with van der Waals surface area (Å²) in [6.45, 7) is 2.81. The predicted octanol–water partition coefficient (Wildman–Crippen LogP) is 0.762. The van der Waals surface area contributed by atoms with Crippen molar-refractivity contribution < 1.29 is 17.9 Å². The maximum absolute atomic E-state index is 11.8. The first-order valence-electron chi connectivity index (χ1n) is 5.58. The highest BCUT2D eigenvalue weighted by molar-refractivity contribution is 7.90. The summed E-state index contributed by atoms with van der Waals surface area (Å²) in [6, 6.07) is 4.82. The highest BCUT2D eigenvalue weighted by Crippen LogP contribution is 2.25. The molecular weight excluding hydrogens is 254 g/mol. The van der Waals surface area contributed by atoms with Crippen LogP contribution in [0.2, 0.25) is 0 Å². The lowest BCUT2D eigenvalue weighted by molar-refractivity contribution is -0.125. The van der Waals surface area contributed by atoms with Crippen LogP contribution in [0.1, 0.15) is 5.56 Å². The highest BCUT2D eigenvalue weighted by atomic mass is 32.2. The van der Waals surface area contributed by atoms with Crippen molar-refractivity contribution in [3.05, 3.63) is 23.8 Å². The van der Waals surface area contributed by atoms with Gasteiger partial charge in [0, 0.05) is 18.5 Å². The number of hydrogen-bond donors (Lipinski definition) is 0. The fraction of sp³-hybridized carbons (Fsp3) is 0.417. The first-order chi connectivity index (χ1) is 8.39. The molecule has 0 unspecified atom stereocenters. The van der Waals surface area contributed by atoms with Gasteiger partial charge >= 0.3 is 0 Å². The van der Waals surface area contributed by atoms with Gasteiger partial charge in [-0.15, -0.1) is 0 Å². The molecule has 0 radical (unpaired) electrons. The van der Waals surface area contributed by atoms with E-state index in [-0.39, 0.29) is 17.4 Å². The quantitative estimate of drug-likeness (QED) is 0.795. The molecule has 0 aromatic heterocycles. The average Bonchev–Trinajstić information content (AvgIpc) is 2.29. The van der Waals surface area contributed by atoms with Crippen molar-refractivity contribution in [1.29, 1.82) is 0 Å². The normalized spacial score (nSPS) is 17.0. The van der Waals surface area contributed by atoms with Crippen LogP contribution in [0, 0.1) is 6.92 Å². The van der Waals surface area contributed by atoms with Gasteiger partial charge in [-0.3, -0.25) is 4.79 Å². The van der Waals surface area contributed by atoms with Crippen molar-refractivity contribution in [2.75, 3.05) is 30.9 Å². The highest BCUT2D eigenvalue weighted by Gasteiger charge is 2.22. The molecule has 1 fully saturated rings. The fourth-order valence-electron chi connectivity index (χ4n) is 1.88. The number of rotatable bonds is 2. The number of aryl methyl sites for hydroxylation is 1. The predicted molar refractivity (Wildman–Crippen MR) is 67.5 cm³/mol. The van der Waals surface area contributed by atoms with Gasteiger partial charge in [0.25, 0.3) is 5.91 Å². The van der Waals surface area contributed by atoms with E-state index < -0.39 is 9.84 Å². The zero-order valence-corrected chi connectivity index (χ0v) is 11.2. The molecule has 1 aliphatic heterocycles. The number of carbonyl (C=O) groups excluding carboxylic acids is 1. The molecule has 1 aromatic rings. The molecule has 5 nitrogen and oxygen atoms in total. The van der Waals surface area contributed by atoms with E-state index in [1.807, 2.05) is 6.92 Å². The molecular formula is C12H15NO4S. The number of benzene rings is 1. The van der Waals surface area contributed by atoms with Crippen LogP contribution in [-0.4, -0.2) is 40.3 Å². The topological polar surface area (TPSA) is 63.7 Å². The lowest BCUT2D eigenvalue weighted by Gasteiger charge is -2.28. The summed E-state index contributed by atoms with van der Waals surface area (Å²) in [7, 11) is -3.27. The SMILES string of the molecule is Cc1ccc(S(C)(=O)=O)cc1N1CCOCC1=O. The summed E-state index contributed by atoms with van der Waals surface area (Å²) in [5, 5.41) is 0. The largest absolute Gasteiger partial charge is 0.370 e. The third-order valence-electron chi connectivity index (χ3n) is 2.89. The van der Waals surface area contributed by atoms with Gasteiger partial charge in [0.15, 0.2) is 9.84 Å². The second kappa shape index (κ2) is 4.70. The van der Waals surface area contributed by atoms with Gasteiger partial charge in [-0.05, 0) is 24.6 Å². The number of hydrogen-bond acceptors (Lipinski definition) is 4. The Morgan fingerprint density at radius 3 is 2.67 bits per heavy atom. The molecule has 1 amide bonds. The molecule has 0 N–H and O–H groups in total. The van der Waals surface area contributed by atoms with Gasteiger partial charge in [0.1, 0.15) is 6.61 Å². The molecule has 0 bridgehead atoms. The maximum Gasteiger partial charge on any atom is 0.253 e. The molecule has 2 rings (SSSR count). The van der Waals surface area contributed by atoms with Crippen LogP contribution in [0.5, 0.6) is 0 Å². The van der Waals surface area contributed by atoms with E-state index >= 15 is 0 Å². The Bertz CT molecular complexity index is 580. The average molecular weight is 269 g/mol. The second-order valence-corrected chi connectivity index (χ2v) is 6.33. The van der Waals surface area contributed by atoms with E-state index in [0.29, 0.717) is 18.8 Å². The molecule has 6 heteroatoms. The van der Waals surface area contributed by atoms with Crippen LogP contribution < -0.4 is 4.90 Å². The molecule has 98 valence electrons. The van der Waals surface area contributed by atoms with Crippen LogP contribution in [0.25, 0.3) is 0 Å². The smallest absolute Gasteiger partial charge is 0.253 e. The molecule has 0 spiro atoms. The molecule has 0 saturated carbocycles. The standard InChI is InChI=1S/C12H15NO4S/c1-9-3-4-10(18(2,15)16)7-11(9)13-5-6-17-8-12(13)14/h3-4,7H,5-6,8H2,1-2H3. The first kappa shape index (κ1) is 13.0. The number of sulfone groups is 1. The minimum absolute atomic E-state index is 0.0442. The molecule has 18 heavy (non-hydrogen) atoms. The zero-order chi connectivity index (χ0) is 13.3. The van der Waals surface area contributed by atoms with Crippen LogP contribution in [0.3, 0.4) is 0 Å². The maximum atomic E-state index is 11.8. The number of carbonyl (C=O) groups is 1. The van der Waals surface area contributed by atoms with E-state index in [1.165, 1.54) is 0 Å². The van der Waals surface area contributed by atoms with Crippen LogP contribution in [0.15, 0.2) is 23.1 Å². The van der Waals surface area contributed by atoms with Gasteiger partial charge in [-0.1, -0.05) is 6.07 Å². The van der Waals surface area contributed by atoms with Gasteiger partial charge in [-0.2, -0.15) is 0 Å². The molecule has 1 heterocycles. The summed E-state index contributed by atoms with van der Waals surface area (Å²) in [4.78, 5) is 13.6. The van der Waals surface area contributed by atoms with Gasteiger partial charge in [0.2, 0.25) is 0 Å². The van der Waals surface area contributed by atoms with E-state index in [0.717, 1.165) is 11.8 Å². The lowest BCUT2D eigenvalue weighted by atomic mass is 10.1. The Kier molecular flexibility index (Phi) is 3.41. The molecule has 1 aliphatic rings. The van der Waals surface area contributed by atoms with Crippen LogP contribution in [0.4, 0.5) is 5.69 Å². The van der Waals surface area contributed by atoms with Gasteiger partial charge in [-0.25, -0.2) is 8.42 Å². The fourth-order valence-corrected chi connectivity index (χ4v) is 2.52. The van der Waals surface area contributed by atoms with Crippen molar-refractivity contribution in [2.45, 2.75) is 11.8 Å². The Labute approximate surface area is 106 Å². The van der Waals surface area contributed by atoms with Gasteiger partial charge in [0.05, 0.1) is 11.5 Å². The lowest BCUT2D eigenvalue weighted by Crippen LogP contribution is -2.42.